The van der Waals surface area contributed by atoms with Crippen molar-refractivity contribution in [2.24, 2.45) is 0 Å². The van der Waals surface area contributed by atoms with Gasteiger partial charge in [-0.15, -0.1) is 0 Å². The van der Waals surface area contributed by atoms with Crippen molar-refractivity contribution in [1.29, 1.82) is 0 Å². The first-order valence-corrected chi connectivity index (χ1v) is 10.5. The van der Waals surface area contributed by atoms with Crippen LogP contribution in [0.5, 0.6) is 0 Å². The highest BCUT2D eigenvalue weighted by molar-refractivity contribution is 7.89. The smallest absolute Gasteiger partial charge is 0.350 e. The molecule has 0 radical (unpaired) electrons. The molecule has 0 spiro atoms. The van der Waals surface area contributed by atoms with E-state index in [0.717, 1.165) is 30.7 Å². The molecule has 1 aliphatic rings. The number of halogens is 3. The van der Waals surface area contributed by atoms with Gasteiger partial charge in [-0.05, 0) is 44.5 Å². The number of nitrogens with zero attached hydrogens (tertiary/aromatic N) is 2. The Kier molecular flexibility index (Phi) is 6.78. The Labute approximate surface area is 163 Å². The van der Waals surface area contributed by atoms with Crippen molar-refractivity contribution < 1.29 is 26.4 Å². The van der Waals surface area contributed by atoms with E-state index in [2.05, 4.69) is 5.32 Å². The summed E-state index contributed by atoms with van der Waals surface area (Å²) in [5.74, 6) is -0.120. The minimum absolute atomic E-state index is 0.120. The molecule has 1 heterocycles. The molecular formula is C18H26F3N3O3S. The van der Waals surface area contributed by atoms with Gasteiger partial charge in [-0.1, -0.05) is 6.92 Å². The molecule has 6 nitrogen and oxygen atoms in total. The number of sulfonamides is 1. The Hall–Kier alpha value is -1.65. The Morgan fingerprint density at radius 2 is 1.61 bits per heavy atom. The van der Waals surface area contributed by atoms with Gasteiger partial charge in [0.05, 0.1) is 17.0 Å². The van der Waals surface area contributed by atoms with E-state index >= 15 is 0 Å². The van der Waals surface area contributed by atoms with Crippen LogP contribution in [0.3, 0.4) is 0 Å². The average molecular weight is 421 g/mol. The average Bonchev–Trinajstić information content (AvgIpc) is 2.61. The zero-order chi connectivity index (χ0) is 21.2. The second-order valence-corrected chi connectivity index (χ2v) is 9.43. The summed E-state index contributed by atoms with van der Waals surface area (Å²) in [5.41, 5.74) is -1.19. The number of carbonyl (C=O) groups is 1. The van der Waals surface area contributed by atoms with Crippen LogP contribution in [0.1, 0.15) is 32.8 Å². The van der Waals surface area contributed by atoms with Crippen LogP contribution in [0.25, 0.3) is 0 Å². The fourth-order valence-electron chi connectivity index (χ4n) is 2.80. The van der Waals surface area contributed by atoms with Crippen molar-refractivity contribution in [1.82, 2.24) is 14.5 Å². The molecule has 1 saturated heterocycles. The maximum atomic E-state index is 12.7. The Morgan fingerprint density at radius 1 is 1.07 bits per heavy atom. The summed E-state index contributed by atoms with van der Waals surface area (Å²) in [6.45, 7) is 7.11. The predicted octanol–water partition coefficient (Wildman–Crippen LogP) is 2.32. The van der Waals surface area contributed by atoms with Gasteiger partial charge >= 0.3 is 6.18 Å². The monoisotopic (exact) mass is 421 g/mol. The first-order valence-electron chi connectivity index (χ1n) is 9.06. The van der Waals surface area contributed by atoms with E-state index in [4.69, 9.17) is 0 Å². The lowest BCUT2D eigenvalue weighted by Crippen LogP contribution is -2.53. The summed E-state index contributed by atoms with van der Waals surface area (Å²) >= 11 is 0. The van der Waals surface area contributed by atoms with Gasteiger partial charge in [0.1, 0.15) is 0 Å². The van der Waals surface area contributed by atoms with Crippen molar-refractivity contribution in [3.8, 4) is 0 Å². The Balaban J connectivity index is 1.95. The summed E-state index contributed by atoms with van der Waals surface area (Å²) in [6.07, 6.45) is -3.72. The molecule has 1 N–H and O–H groups in total. The lowest BCUT2D eigenvalue weighted by atomic mass is 10.0. The van der Waals surface area contributed by atoms with Crippen molar-refractivity contribution in [2.45, 2.75) is 43.8 Å². The number of rotatable bonds is 6. The highest BCUT2D eigenvalue weighted by Crippen LogP contribution is 2.30. The van der Waals surface area contributed by atoms with E-state index in [-0.39, 0.29) is 36.0 Å². The van der Waals surface area contributed by atoms with E-state index in [1.165, 1.54) is 4.31 Å². The molecule has 0 atom stereocenters. The van der Waals surface area contributed by atoms with Gasteiger partial charge in [0.2, 0.25) is 15.9 Å². The standard InChI is InChI=1S/C18H26F3N3O3S/c1-4-17(2,3)22-16(25)13-23-9-11-24(12-10-23)28(26,27)15-7-5-14(6-8-15)18(19,20)21/h5-8H,4,9-13H2,1-3H3,(H,22,25). The van der Waals surface area contributed by atoms with Crippen LogP contribution in [0.4, 0.5) is 13.2 Å². The SMILES string of the molecule is CCC(C)(C)NC(=O)CN1CCN(S(=O)(=O)c2ccc(C(F)(F)F)cc2)CC1. The third kappa shape index (κ3) is 5.68. The maximum absolute atomic E-state index is 12.7. The summed E-state index contributed by atoms with van der Waals surface area (Å²) in [5, 5.41) is 2.93. The second-order valence-electron chi connectivity index (χ2n) is 7.49. The van der Waals surface area contributed by atoms with Crippen LogP contribution in [-0.2, 0) is 21.0 Å². The molecule has 0 saturated carbocycles. The molecule has 0 aliphatic carbocycles. The molecule has 10 heteroatoms. The highest BCUT2D eigenvalue weighted by atomic mass is 32.2. The summed E-state index contributed by atoms with van der Waals surface area (Å²) in [7, 11) is -3.87. The summed E-state index contributed by atoms with van der Waals surface area (Å²) in [6, 6.07) is 3.49. The van der Waals surface area contributed by atoms with Gasteiger partial charge < -0.3 is 5.32 Å². The number of hydrogen-bond acceptors (Lipinski definition) is 4. The zero-order valence-electron chi connectivity index (χ0n) is 16.2. The number of alkyl halides is 3. The minimum atomic E-state index is -4.51. The molecule has 1 aromatic rings. The summed E-state index contributed by atoms with van der Waals surface area (Å²) < 4.78 is 64.5. The molecule has 1 amide bonds. The van der Waals surface area contributed by atoms with Crippen molar-refractivity contribution in [3.05, 3.63) is 29.8 Å². The predicted molar refractivity (Wildman–Crippen MR) is 99.2 cm³/mol. The van der Waals surface area contributed by atoms with E-state index in [0.29, 0.717) is 13.1 Å². The minimum Gasteiger partial charge on any atom is -0.350 e. The molecule has 0 bridgehead atoms. The van der Waals surface area contributed by atoms with Crippen LogP contribution in [-0.4, -0.2) is 61.8 Å². The molecule has 28 heavy (non-hydrogen) atoms. The van der Waals surface area contributed by atoms with Crippen molar-refractivity contribution in [2.75, 3.05) is 32.7 Å². The zero-order valence-corrected chi connectivity index (χ0v) is 17.0. The Bertz CT molecular complexity index is 785. The second kappa shape index (κ2) is 8.38. The molecule has 0 unspecified atom stereocenters. The number of nitrogens with one attached hydrogen (secondary N) is 1. The molecule has 0 aromatic heterocycles. The van der Waals surface area contributed by atoms with Gasteiger partial charge in [0.25, 0.3) is 0 Å². The van der Waals surface area contributed by atoms with E-state index in [1.54, 1.807) is 0 Å². The number of hydrogen-bond donors (Lipinski definition) is 1. The molecule has 158 valence electrons. The van der Waals surface area contributed by atoms with E-state index in [1.807, 2.05) is 25.7 Å². The number of piperazine rings is 1. The van der Waals surface area contributed by atoms with Crippen molar-refractivity contribution in [3.63, 3.8) is 0 Å². The van der Waals surface area contributed by atoms with Gasteiger partial charge in [-0.2, -0.15) is 17.5 Å². The maximum Gasteiger partial charge on any atom is 0.416 e. The third-order valence-electron chi connectivity index (χ3n) is 4.88. The topological polar surface area (TPSA) is 69.7 Å². The number of carbonyl (C=O) groups excluding carboxylic acids is 1. The third-order valence-corrected chi connectivity index (χ3v) is 6.79. The quantitative estimate of drug-likeness (QED) is 0.766. The highest BCUT2D eigenvalue weighted by Gasteiger charge is 2.33. The fourth-order valence-corrected chi connectivity index (χ4v) is 4.22. The molecule has 1 aromatic carbocycles. The molecule has 2 rings (SSSR count). The van der Waals surface area contributed by atoms with Crippen LogP contribution in [0.15, 0.2) is 29.2 Å². The van der Waals surface area contributed by atoms with E-state index < -0.39 is 21.8 Å². The van der Waals surface area contributed by atoms with Gasteiger partial charge in [-0.3, -0.25) is 9.69 Å². The molecule has 1 aliphatic heterocycles. The molecule has 1 fully saturated rings. The fraction of sp³-hybridized carbons (Fsp3) is 0.611. The van der Waals surface area contributed by atoms with Crippen LogP contribution < -0.4 is 5.32 Å². The summed E-state index contributed by atoms with van der Waals surface area (Å²) in [4.78, 5) is 13.8. The first-order chi connectivity index (χ1) is 12.8. The first kappa shape index (κ1) is 22.6. The van der Waals surface area contributed by atoms with Gasteiger partial charge in [-0.25, -0.2) is 8.42 Å². The van der Waals surface area contributed by atoms with Crippen molar-refractivity contribution >= 4 is 15.9 Å². The van der Waals surface area contributed by atoms with Gasteiger partial charge in [0, 0.05) is 31.7 Å². The number of benzene rings is 1. The molecular weight excluding hydrogens is 395 g/mol. The van der Waals surface area contributed by atoms with Crippen LogP contribution in [0.2, 0.25) is 0 Å². The van der Waals surface area contributed by atoms with Crippen LogP contribution in [0, 0.1) is 0 Å². The van der Waals surface area contributed by atoms with Crippen LogP contribution >= 0.6 is 0 Å². The van der Waals surface area contributed by atoms with Gasteiger partial charge in [0.15, 0.2) is 0 Å². The number of amides is 1. The normalized spacial score (nSPS) is 17.5. The largest absolute Gasteiger partial charge is 0.416 e. The lowest BCUT2D eigenvalue weighted by molar-refractivity contribution is -0.137. The lowest BCUT2D eigenvalue weighted by Gasteiger charge is -2.34. The van der Waals surface area contributed by atoms with E-state index in [9.17, 15) is 26.4 Å². The Morgan fingerprint density at radius 3 is 2.07 bits per heavy atom.